The van der Waals surface area contributed by atoms with E-state index in [-0.39, 0.29) is 11.7 Å². The molecule has 0 fully saturated rings. The summed E-state index contributed by atoms with van der Waals surface area (Å²) < 4.78 is 0. The predicted octanol–water partition coefficient (Wildman–Crippen LogP) is 3.20. The third kappa shape index (κ3) is 3.73. The minimum atomic E-state index is -0.0751. The van der Waals surface area contributed by atoms with Crippen LogP contribution in [0.1, 0.15) is 0 Å². The number of hydrogen-bond donors (Lipinski definition) is 2. The largest absolute Gasteiger partial charge is 0.325 e. The first-order chi connectivity index (χ1) is 10.8. The quantitative estimate of drug-likeness (QED) is 0.710. The molecule has 1 heterocycles. The molecule has 3 rings (SSSR count). The van der Waals surface area contributed by atoms with Crippen LogP contribution in [-0.4, -0.2) is 26.8 Å². The molecule has 2 N–H and O–H groups in total. The van der Waals surface area contributed by atoms with Crippen molar-refractivity contribution in [2.75, 3.05) is 11.1 Å². The van der Waals surface area contributed by atoms with E-state index in [1.807, 2.05) is 60.7 Å². The fourth-order valence-electron chi connectivity index (χ4n) is 1.88. The second-order valence-electron chi connectivity index (χ2n) is 4.53. The molecule has 0 aliphatic carbocycles. The lowest BCUT2D eigenvalue weighted by Crippen LogP contribution is -2.13. The van der Waals surface area contributed by atoms with Gasteiger partial charge in [0.25, 0.3) is 0 Å². The second kappa shape index (κ2) is 6.91. The summed E-state index contributed by atoms with van der Waals surface area (Å²) in [5.74, 6) is 0.832. The van der Waals surface area contributed by atoms with Crippen molar-refractivity contribution in [3.8, 4) is 11.4 Å². The number of hydrogen-bond acceptors (Lipinski definition) is 4. The summed E-state index contributed by atoms with van der Waals surface area (Å²) in [6.07, 6.45) is 0. The van der Waals surface area contributed by atoms with Crippen LogP contribution in [0.15, 0.2) is 65.8 Å². The van der Waals surface area contributed by atoms with E-state index in [0.29, 0.717) is 11.0 Å². The van der Waals surface area contributed by atoms with Crippen LogP contribution >= 0.6 is 11.8 Å². The lowest BCUT2D eigenvalue weighted by molar-refractivity contribution is -0.113. The van der Waals surface area contributed by atoms with Gasteiger partial charge in [-0.1, -0.05) is 60.3 Å². The van der Waals surface area contributed by atoms with Gasteiger partial charge in [-0.2, -0.15) is 5.10 Å². The van der Waals surface area contributed by atoms with E-state index >= 15 is 0 Å². The molecule has 0 aliphatic heterocycles. The highest BCUT2D eigenvalue weighted by atomic mass is 32.2. The molecule has 0 radical (unpaired) electrons. The normalized spacial score (nSPS) is 10.4. The van der Waals surface area contributed by atoms with E-state index in [1.54, 1.807) is 0 Å². The van der Waals surface area contributed by atoms with Gasteiger partial charge in [0, 0.05) is 11.3 Å². The van der Waals surface area contributed by atoms with Gasteiger partial charge in [-0.15, -0.1) is 0 Å². The maximum absolute atomic E-state index is 11.9. The smallest absolute Gasteiger partial charge is 0.234 e. The summed E-state index contributed by atoms with van der Waals surface area (Å²) in [5.41, 5.74) is 1.73. The number of aromatic amines is 1. The summed E-state index contributed by atoms with van der Waals surface area (Å²) in [7, 11) is 0. The number of H-pyrrole nitrogens is 1. The molecule has 1 amide bonds. The fourth-order valence-corrected chi connectivity index (χ4v) is 2.48. The molecular weight excluding hydrogens is 296 g/mol. The zero-order valence-corrected chi connectivity index (χ0v) is 12.5. The first kappa shape index (κ1) is 14.3. The Bertz CT molecular complexity index is 743. The van der Waals surface area contributed by atoms with E-state index in [4.69, 9.17) is 0 Å². The Morgan fingerprint density at radius 3 is 2.45 bits per heavy atom. The Morgan fingerprint density at radius 2 is 1.73 bits per heavy atom. The van der Waals surface area contributed by atoms with Crippen LogP contribution in [0.3, 0.4) is 0 Å². The van der Waals surface area contributed by atoms with Crippen LogP contribution < -0.4 is 5.32 Å². The molecule has 2 aromatic carbocycles. The third-order valence-corrected chi connectivity index (χ3v) is 3.76. The predicted molar refractivity (Wildman–Crippen MR) is 87.6 cm³/mol. The van der Waals surface area contributed by atoms with Gasteiger partial charge < -0.3 is 5.32 Å². The number of amides is 1. The number of para-hydroxylation sites is 1. The van der Waals surface area contributed by atoms with Gasteiger partial charge in [-0.25, -0.2) is 4.98 Å². The number of nitrogens with zero attached hydrogens (tertiary/aromatic N) is 2. The van der Waals surface area contributed by atoms with Crippen LogP contribution in [-0.2, 0) is 4.79 Å². The van der Waals surface area contributed by atoms with Gasteiger partial charge in [-0.05, 0) is 12.1 Å². The number of thioether (sulfide) groups is 1. The van der Waals surface area contributed by atoms with Gasteiger partial charge in [0.15, 0.2) is 11.0 Å². The minimum absolute atomic E-state index is 0.0751. The summed E-state index contributed by atoms with van der Waals surface area (Å²) in [4.78, 5) is 16.2. The van der Waals surface area contributed by atoms with Crippen LogP contribution in [0.25, 0.3) is 11.4 Å². The van der Waals surface area contributed by atoms with Crippen LogP contribution in [0.2, 0.25) is 0 Å². The lowest BCUT2D eigenvalue weighted by atomic mass is 10.2. The minimum Gasteiger partial charge on any atom is -0.325 e. The molecule has 0 saturated carbocycles. The number of benzene rings is 2. The van der Waals surface area contributed by atoms with Crippen LogP contribution in [0, 0.1) is 0 Å². The highest BCUT2D eigenvalue weighted by Gasteiger charge is 2.08. The van der Waals surface area contributed by atoms with Crippen LogP contribution in [0.5, 0.6) is 0 Å². The average Bonchev–Trinajstić information content (AvgIpc) is 3.04. The maximum Gasteiger partial charge on any atom is 0.234 e. The van der Waals surface area contributed by atoms with E-state index in [2.05, 4.69) is 20.5 Å². The number of anilines is 1. The summed E-state index contributed by atoms with van der Waals surface area (Å²) in [5, 5.41) is 10.5. The second-order valence-corrected chi connectivity index (χ2v) is 5.50. The number of carbonyl (C=O) groups excluding carboxylic acids is 1. The molecule has 22 heavy (non-hydrogen) atoms. The Balaban J connectivity index is 1.56. The van der Waals surface area contributed by atoms with Crippen molar-refractivity contribution in [1.82, 2.24) is 15.2 Å². The molecule has 3 aromatic rings. The Kier molecular flexibility index (Phi) is 4.50. The number of nitrogens with one attached hydrogen (secondary N) is 2. The molecule has 0 atom stereocenters. The molecule has 1 aromatic heterocycles. The van der Waals surface area contributed by atoms with Crippen LogP contribution in [0.4, 0.5) is 5.69 Å². The molecule has 0 unspecified atom stereocenters. The average molecular weight is 310 g/mol. The molecule has 0 aliphatic rings. The Hall–Kier alpha value is -2.60. The van der Waals surface area contributed by atoms with E-state index in [0.717, 1.165) is 11.3 Å². The van der Waals surface area contributed by atoms with Gasteiger partial charge in [0.2, 0.25) is 5.91 Å². The van der Waals surface area contributed by atoms with Gasteiger partial charge in [0.05, 0.1) is 5.75 Å². The Morgan fingerprint density at radius 1 is 1.05 bits per heavy atom. The highest BCUT2D eigenvalue weighted by Crippen LogP contribution is 2.19. The monoisotopic (exact) mass is 310 g/mol. The van der Waals surface area contributed by atoms with Crippen molar-refractivity contribution in [1.29, 1.82) is 0 Å². The van der Waals surface area contributed by atoms with Crippen molar-refractivity contribution >= 4 is 23.4 Å². The molecule has 0 saturated heterocycles. The van der Waals surface area contributed by atoms with Crippen molar-refractivity contribution in [2.24, 2.45) is 0 Å². The van der Waals surface area contributed by atoms with Crippen molar-refractivity contribution < 1.29 is 4.79 Å². The topological polar surface area (TPSA) is 70.7 Å². The molecular formula is C16H14N4OS. The van der Waals surface area contributed by atoms with Gasteiger partial charge in [0.1, 0.15) is 0 Å². The van der Waals surface area contributed by atoms with Gasteiger partial charge >= 0.3 is 0 Å². The molecule has 110 valence electrons. The maximum atomic E-state index is 11.9. The lowest BCUT2D eigenvalue weighted by Gasteiger charge is -2.03. The van der Waals surface area contributed by atoms with Crippen molar-refractivity contribution in [3.63, 3.8) is 0 Å². The Labute approximate surface area is 132 Å². The molecule has 6 heteroatoms. The number of carbonyl (C=O) groups is 1. The zero-order chi connectivity index (χ0) is 15.2. The molecule has 0 bridgehead atoms. The van der Waals surface area contributed by atoms with Crippen molar-refractivity contribution in [3.05, 3.63) is 60.7 Å². The van der Waals surface area contributed by atoms with E-state index in [9.17, 15) is 4.79 Å². The fraction of sp³-hybridized carbons (Fsp3) is 0.0625. The SMILES string of the molecule is O=C(CSc1nc(-c2ccccc2)n[nH]1)Nc1ccccc1. The highest BCUT2D eigenvalue weighted by molar-refractivity contribution is 7.99. The molecule has 0 spiro atoms. The number of rotatable bonds is 5. The third-order valence-electron chi connectivity index (χ3n) is 2.89. The summed E-state index contributed by atoms with van der Waals surface area (Å²) >= 11 is 1.32. The van der Waals surface area contributed by atoms with E-state index < -0.39 is 0 Å². The zero-order valence-electron chi connectivity index (χ0n) is 11.7. The molecule has 5 nitrogen and oxygen atoms in total. The number of aromatic nitrogens is 3. The first-order valence-corrected chi connectivity index (χ1v) is 7.75. The standard InChI is InChI=1S/C16H14N4OS/c21-14(17-13-9-5-2-6-10-13)11-22-16-18-15(19-20-16)12-7-3-1-4-8-12/h1-10H,11H2,(H,17,21)(H,18,19,20). The summed E-state index contributed by atoms with van der Waals surface area (Å²) in [6, 6.07) is 19.1. The van der Waals surface area contributed by atoms with Crippen molar-refractivity contribution in [2.45, 2.75) is 5.16 Å². The van der Waals surface area contributed by atoms with E-state index in [1.165, 1.54) is 11.8 Å². The summed E-state index contributed by atoms with van der Waals surface area (Å²) in [6.45, 7) is 0. The van der Waals surface area contributed by atoms with Gasteiger partial charge in [-0.3, -0.25) is 9.89 Å². The first-order valence-electron chi connectivity index (χ1n) is 6.77.